The summed E-state index contributed by atoms with van der Waals surface area (Å²) in [5.74, 6) is -0.703. The minimum Gasteiger partial charge on any atom is -0.495 e. The molecular formula is C28H29ClN2O6. The van der Waals surface area contributed by atoms with Crippen LogP contribution < -0.4 is 15.4 Å². The Bertz CT molecular complexity index is 1190. The van der Waals surface area contributed by atoms with Gasteiger partial charge in [0.15, 0.2) is 0 Å². The van der Waals surface area contributed by atoms with Crippen molar-refractivity contribution in [1.82, 2.24) is 10.6 Å². The van der Waals surface area contributed by atoms with Crippen LogP contribution in [-0.2, 0) is 38.5 Å². The average Bonchev–Trinajstić information content (AvgIpc) is 2.92. The minimum atomic E-state index is -1.01. The lowest BCUT2D eigenvalue weighted by Gasteiger charge is -2.22. The molecule has 0 bridgehead atoms. The zero-order valence-corrected chi connectivity index (χ0v) is 21.4. The van der Waals surface area contributed by atoms with Crippen molar-refractivity contribution in [2.24, 2.45) is 0 Å². The summed E-state index contributed by atoms with van der Waals surface area (Å²) in [7, 11) is 2.74. The number of methoxy groups -OCH3 is 2. The van der Waals surface area contributed by atoms with E-state index >= 15 is 0 Å². The first-order valence-corrected chi connectivity index (χ1v) is 12.0. The Morgan fingerprint density at radius 3 is 2.00 bits per heavy atom. The maximum Gasteiger partial charge on any atom is 0.408 e. The van der Waals surface area contributed by atoms with E-state index < -0.39 is 30.1 Å². The van der Waals surface area contributed by atoms with Crippen LogP contribution in [0.3, 0.4) is 0 Å². The largest absolute Gasteiger partial charge is 0.495 e. The maximum atomic E-state index is 13.3. The van der Waals surface area contributed by atoms with E-state index in [1.54, 1.807) is 18.2 Å². The quantitative estimate of drug-likeness (QED) is 0.366. The van der Waals surface area contributed by atoms with Gasteiger partial charge in [-0.3, -0.25) is 4.79 Å². The van der Waals surface area contributed by atoms with Crippen molar-refractivity contribution in [2.45, 2.75) is 31.5 Å². The second-order valence-corrected chi connectivity index (χ2v) is 8.61. The summed E-state index contributed by atoms with van der Waals surface area (Å²) in [4.78, 5) is 38.4. The Labute approximate surface area is 220 Å². The van der Waals surface area contributed by atoms with Gasteiger partial charge in [-0.1, -0.05) is 78.3 Å². The van der Waals surface area contributed by atoms with E-state index in [0.717, 1.165) is 11.1 Å². The number of hydrogen-bond acceptors (Lipinski definition) is 6. The molecule has 0 unspecified atom stereocenters. The van der Waals surface area contributed by atoms with Crippen molar-refractivity contribution >= 4 is 29.6 Å². The molecular weight excluding hydrogens is 496 g/mol. The Morgan fingerprint density at radius 2 is 1.41 bits per heavy atom. The van der Waals surface area contributed by atoms with Gasteiger partial charge < -0.3 is 24.8 Å². The third kappa shape index (κ3) is 8.54. The molecule has 8 nitrogen and oxygen atoms in total. The smallest absolute Gasteiger partial charge is 0.408 e. The summed E-state index contributed by atoms with van der Waals surface area (Å²) in [6.45, 7) is 0.0510. The van der Waals surface area contributed by atoms with Gasteiger partial charge in [0, 0.05) is 12.8 Å². The minimum absolute atomic E-state index is 0.0510. The molecule has 0 heterocycles. The van der Waals surface area contributed by atoms with Crippen LogP contribution in [0.15, 0.2) is 78.9 Å². The monoisotopic (exact) mass is 524 g/mol. The Morgan fingerprint density at radius 1 is 0.784 bits per heavy atom. The summed E-state index contributed by atoms with van der Waals surface area (Å²) < 4.78 is 15.4. The Balaban J connectivity index is 1.73. The van der Waals surface area contributed by atoms with E-state index in [0.29, 0.717) is 16.3 Å². The second-order valence-electron chi connectivity index (χ2n) is 8.21. The van der Waals surface area contributed by atoms with Crippen LogP contribution >= 0.6 is 11.6 Å². The summed E-state index contributed by atoms with van der Waals surface area (Å²) >= 11 is 6.21. The second kappa shape index (κ2) is 13.9. The summed E-state index contributed by atoms with van der Waals surface area (Å²) in [6, 6.07) is 21.5. The van der Waals surface area contributed by atoms with Gasteiger partial charge in [0.05, 0.1) is 19.2 Å². The highest BCUT2D eigenvalue weighted by atomic mass is 35.5. The van der Waals surface area contributed by atoms with Crippen molar-refractivity contribution in [3.8, 4) is 5.75 Å². The van der Waals surface area contributed by atoms with Crippen LogP contribution in [0.2, 0.25) is 5.02 Å². The normalized spacial score (nSPS) is 12.1. The molecule has 3 rings (SSSR count). The number of rotatable bonds is 11. The maximum absolute atomic E-state index is 13.3. The van der Waals surface area contributed by atoms with E-state index in [2.05, 4.69) is 10.6 Å². The highest BCUT2D eigenvalue weighted by Gasteiger charge is 2.28. The third-order valence-electron chi connectivity index (χ3n) is 5.56. The van der Waals surface area contributed by atoms with E-state index in [1.807, 2.05) is 60.7 Å². The Kier molecular flexibility index (Phi) is 10.3. The molecule has 0 fully saturated rings. The van der Waals surface area contributed by atoms with Crippen molar-refractivity contribution in [1.29, 1.82) is 0 Å². The molecule has 37 heavy (non-hydrogen) atoms. The van der Waals surface area contributed by atoms with E-state index in [4.69, 9.17) is 25.8 Å². The van der Waals surface area contributed by atoms with Crippen LogP contribution in [0.5, 0.6) is 5.75 Å². The summed E-state index contributed by atoms with van der Waals surface area (Å²) in [6.07, 6.45) is -0.440. The van der Waals surface area contributed by atoms with Crippen molar-refractivity contribution < 1.29 is 28.6 Å². The standard InChI is InChI=1S/C28H29ClN2O6/c1-35-25-14-13-21(15-22(25)29)17-24(27(33)36-2)30-26(32)23(16-19-9-5-3-6-10-19)31-28(34)37-18-20-11-7-4-8-12-20/h3-15,23-24H,16-18H2,1-2H3,(H,30,32)(H,31,34)/t23-,24-/m1/s1. The summed E-state index contributed by atoms with van der Waals surface area (Å²) in [5, 5.41) is 5.70. The zero-order chi connectivity index (χ0) is 26.6. The molecule has 0 spiro atoms. The Hall–Kier alpha value is -4.04. The molecule has 2 N–H and O–H groups in total. The lowest BCUT2D eigenvalue weighted by atomic mass is 10.0. The molecule has 3 aromatic carbocycles. The topological polar surface area (TPSA) is 103 Å². The molecule has 9 heteroatoms. The molecule has 0 radical (unpaired) electrons. The number of carbonyl (C=O) groups excluding carboxylic acids is 3. The highest BCUT2D eigenvalue weighted by Crippen LogP contribution is 2.25. The number of ether oxygens (including phenoxy) is 3. The van der Waals surface area contributed by atoms with Crippen LogP contribution in [0.25, 0.3) is 0 Å². The SMILES string of the molecule is COC(=O)[C@@H](Cc1ccc(OC)c(Cl)c1)NC(=O)[C@@H](Cc1ccccc1)NC(=O)OCc1ccccc1. The molecule has 0 saturated carbocycles. The molecule has 0 aliphatic heterocycles. The van der Waals surface area contributed by atoms with Crippen LogP contribution in [0.1, 0.15) is 16.7 Å². The van der Waals surface area contributed by atoms with E-state index in [1.165, 1.54) is 14.2 Å². The fraction of sp³-hybridized carbons (Fsp3) is 0.250. The van der Waals surface area contributed by atoms with Gasteiger partial charge in [-0.25, -0.2) is 9.59 Å². The molecule has 2 amide bonds. The van der Waals surface area contributed by atoms with Crippen molar-refractivity contribution in [3.63, 3.8) is 0 Å². The average molecular weight is 525 g/mol. The van der Waals surface area contributed by atoms with Crippen LogP contribution in [-0.4, -0.2) is 44.3 Å². The fourth-order valence-electron chi connectivity index (χ4n) is 3.65. The lowest BCUT2D eigenvalue weighted by molar-refractivity contribution is -0.145. The number of nitrogens with one attached hydrogen (secondary N) is 2. The molecule has 194 valence electrons. The zero-order valence-electron chi connectivity index (χ0n) is 20.6. The van der Waals surface area contributed by atoms with Gasteiger partial charge in [0.25, 0.3) is 0 Å². The predicted molar refractivity (Wildman–Crippen MR) is 139 cm³/mol. The first kappa shape index (κ1) is 27.5. The van der Waals surface area contributed by atoms with Crippen LogP contribution in [0, 0.1) is 0 Å². The number of carbonyl (C=O) groups is 3. The predicted octanol–water partition coefficient (Wildman–Crippen LogP) is 4.09. The summed E-state index contributed by atoms with van der Waals surface area (Å²) in [5.41, 5.74) is 2.32. The van der Waals surface area contributed by atoms with Gasteiger partial charge >= 0.3 is 12.1 Å². The fourth-order valence-corrected chi connectivity index (χ4v) is 3.93. The molecule has 0 aliphatic carbocycles. The van der Waals surface area contributed by atoms with Crippen molar-refractivity contribution in [2.75, 3.05) is 14.2 Å². The first-order valence-electron chi connectivity index (χ1n) is 11.6. The molecule has 2 atom stereocenters. The molecule has 0 aliphatic rings. The number of halogens is 1. The molecule has 0 aromatic heterocycles. The van der Waals surface area contributed by atoms with Crippen LogP contribution in [0.4, 0.5) is 4.79 Å². The van der Waals surface area contributed by atoms with Gasteiger partial charge in [0.2, 0.25) is 5.91 Å². The lowest BCUT2D eigenvalue weighted by Crippen LogP contribution is -2.53. The van der Waals surface area contributed by atoms with Crippen molar-refractivity contribution in [3.05, 3.63) is 101 Å². The van der Waals surface area contributed by atoms with Gasteiger partial charge in [-0.05, 0) is 28.8 Å². The third-order valence-corrected chi connectivity index (χ3v) is 5.86. The van der Waals surface area contributed by atoms with E-state index in [-0.39, 0.29) is 19.4 Å². The van der Waals surface area contributed by atoms with E-state index in [9.17, 15) is 14.4 Å². The van der Waals surface area contributed by atoms with Gasteiger partial charge in [-0.2, -0.15) is 0 Å². The van der Waals surface area contributed by atoms with Gasteiger partial charge in [0.1, 0.15) is 24.4 Å². The molecule has 3 aromatic rings. The number of alkyl carbamates (subject to hydrolysis) is 1. The van der Waals surface area contributed by atoms with Gasteiger partial charge in [-0.15, -0.1) is 0 Å². The number of amides is 2. The number of benzene rings is 3. The number of hydrogen-bond donors (Lipinski definition) is 2. The molecule has 0 saturated heterocycles. The first-order chi connectivity index (χ1) is 17.9. The number of esters is 1. The highest BCUT2D eigenvalue weighted by molar-refractivity contribution is 6.32.